The van der Waals surface area contributed by atoms with Gasteiger partial charge in [0.25, 0.3) is 0 Å². The molecule has 6 nitrogen and oxygen atoms in total. The molecule has 0 bridgehead atoms. The second-order valence-corrected chi connectivity index (χ2v) is 6.52. The van der Waals surface area contributed by atoms with Crippen molar-refractivity contribution in [3.8, 4) is 5.75 Å². The summed E-state index contributed by atoms with van der Waals surface area (Å²) in [5.74, 6) is 0.482. The molecule has 0 spiro atoms. The van der Waals surface area contributed by atoms with Crippen molar-refractivity contribution in [2.24, 2.45) is 7.05 Å². The molecular formula is C21H24N2O4. The molecule has 0 aliphatic heterocycles. The van der Waals surface area contributed by atoms with E-state index in [2.05, 4.69) is 0 Å². The molecule has 0 unspecified atom stereocenters. The van der Waals surface area contributed by atoms with Crippen LogP contribution in [0.15, 0.2) is 47.3 Å². The second kappa shape index (κ2) is 8.12. The van der Waals surface area contributed by atoms with Gasteiger partial charge in [-0.3, -0.25) is 13.9 Å². The van der Waals surface area contributed by atoms with Gasteiger partial charge in [0.15, 0.2) is 0 Å². The summed E-state index contributed by atoms with van der Waals surface area (Å²) in [6.45, 7) is 4.73. The molecule has 2 aromatic carbocycles. The predicted octanol–water partition coefficient (Wildman–Crippen LogP) is 2.97. The zero-order chi connectivity index (χ0) is 19.4. The molecule has 0 atom stereocenters. The van der Waals surface area contributed by atoms with E-state index in [1.165, 1.54) is 0 Å². The van der Waals surface area contributed by atoms with Crippen LogP contribution in [0, 0.1) is 13.8 Å². The average molecular weight is 368 g/mol. The molecule has 0 saturated carbocycles. The number of rotatable bonds is 7. The van der Waals surface area contributed by atoms with E-state index in [1.807, 2.05) is 56.3 Å². The Morgan fingerprint density at radius 2 is 1.63 bits per heavy atom. The minimum absolute atomic E-state index is 0.136. The van der Waals surface area contributed by atoms with Crippen molar-refractivity contribution in [3.63, 3.8) is 0 Å². The lowest BCUT2D eigenvalue weighted by Crippen LogP contribution is -2.24. The Bertz CT molecular complexity index is 996. The fraction of sp³-hybridized carbons (Fsp3) is 0.333. The summed E-state index contributed by atoms with van der Waals surface area (Å²) in [6.07, 6.45) is 0.136. The summed E-state index contributed by atoms with van der Waals surface area (Å²) in [5.41, 5.74) is 3.63. The third kappa shape index (κ3) is 4.05. The number of carbonyl (C=O) groups excluding carboxylic acids is 1. The molecule has 0 N–H and O–H groups in total. The standard InChI is InChI=1S/C21H24N2O4/c1-15-7-6-8-16(2)20(15)27-14-13-26-19(24)11-12-23-18-10-5-4-9-17(18)22(3)21(23)25/h4-10H,11-14H2,1-3H3. The maximum atomic E-state index is 12.3. The van der Waals surface area contributed by atoms with Gasteiger partial charge >= 0.3 is 11.7 Å². The zero-order valence-corrected chi connectivity index (χ0v) is 15.9. The normalized spacial score (nSPS) is 10.9. The minimum atomic E-state index is -0.347. The van der Waals surface area contributed by atoms with E-state index < -0.39 is 0 Å². The molecule has 3 aromatic rings. The Balaban J connectivity index is 1.51. The molecule has 0 aliphatic carbocycles. The fourth-order valence-corrected chi connectivity index (χ4v) is 3.18. The van der Waals surface area contributed by atoms with Crippen LogP contribution in [-0.2, 0) is 23.1 Å². The highest BCUT2D eigenvalue weighted by molar-refractivity contribution is 5.76. The van der Waals surface area contributed by atoms with Gasteiger partial charge in [-0.15, -0.1) is 0 Å². The molecule has 0 saturated heterocycles. The number of esters is 1. The van der Waals surface area contributed by atoms with E-state index in [0.29, 0.717) is 6.61 Å². The van der Waals surface area contributed by atoms with Crippen molar-refractivity contribution < 1.29 is 14.3 Å². The van der Waals surface area contributed by atoms with Crippen LogP contribution in [-0.4, -0.2) is 28.3 Å². The van der Waals surface area contributed by atoms with E-state index >= 15 is 0 Å². The summed E-state index contributed by atoms with van der Waals surface area (Å²) in [6, 6.07) is 13.5. The van der Waals surface area contributed by atoms with Crippen LogP contribution in [0.4, 0.5) is 0 Å². The summed E-state index contributed by atoms with van der Waals surface area (Å²) >= 11 is 0. The number of carbonyl (C=O) groups is 1. The van der Waals surface area contributed by atoms with Crippen LogP contribution in [0.5, 0.6) is 5.75 Å². The van der Waals surface area contributed by atoms with Gasteiger partial charge in [0, 0.05) is 13.6 Å². The van der Waals surface area contributed by atoms with Crippen molar-refractivity contribution in [1.82, 2.24) is 9.13 Å². The number of imidazole rings is 1. The molecule has 6 heteroatoms. The zero-order valence-electron chi connectivity index (χ0n) is 15.9. The van der Waals surface area contributed by atoms with Gasteiger partial charge in [0.2, 0.25) is 0 Å². The first-order chi connectivity index (χ1) is 13.0. The van der Waals surface area contributed by atoms with Crippen LogP contribution >= 0.6 is 0 Å². The number of fused-ring (bicyclic) bond motifs is 1. The van der Waals surface area contributed by atoms with E-state index in [1.54, 1.807) is 16.2 Å². The van der Waals surface area contributed by atoms with Gasteiger partial charge in [-0.1, -0.05) is 30.3 Å². The molecule has 27 heavy (non-hydrogen) atoms. The average Bonchev–Trinajstić information content (AvgIpc) is 2.90. The molecular weight excluding hydrogens is 344 g/mol. The lowest BCUT2D eigenvalue weighted by molar-refractivity contribution is -0.144. The van der Waals surface area contributed by atoms with Crippen LogP contribution in [0.2, 0.25) is 0 Å². The number of ether oxygens (including phenoxy) is 2. The fourth-order valence-electron chi connectivity index (χ4n) is 3.18. The largest absolute Gasteiger partial charge is 0.489 e. The van der Waals surface area contributed by atoms with Crippen molar-refractivity contribution in [1.29, 1.82) is 0 Å². The van der Waals surface area contributed by atoms with E-state index in [-0.39, 0.29) is 31.2 Å². The van der Waals surface area contributed by atoms with Gasteiger partial charge < -0.3 is 9.47 Å². The van der Waals surface area contributed by atoms with Crippen molar-refractivity contribution in [2.75, 3.05) is 13.2 Å². The molecule has 0 radical (unpaired) electrons. The number of hydrogen-bond donors (Lipinski definition) is 0. The first-order valence-corrected chi connectivity index (χ1v) is 8.98. The molecule has 0 aliphatic rings. The third-order valence-corrected chi connectivity index (χ3v) is 4.59. The molecule has 3 rings (SSSR count). The van der Waals surface area contributed by atoms with Gasteiger partial charge in [-0.05, 0) is 37.1 Å². The third-order valence-electron chi connectivity index (χ3n) is 4.59. The number of para-hydroxylation sites is 3. The summed E-state index contributed by atoms with van der Waals surface area (Å²) in [4.78, 5) is 24.4. The first-order valence-electron chi connectivity index (χ1n) is 8.98. The van der Waals surface area contributed by atoms with E-state index in [4.69, 9.17) is 9.47 Å². The van der Waals surface area contributed by atoms with E-state index in [9.17, 15) is 9.59 Å². The highest BCUT2D eigenvalue weighted by Crippen LogP contribution is 2.22. The lowest BCUT2D eigenvalue weighted by Gasteiger charge is -2.12. The Morgan fingerprint density at radius 1 is 0.963 bits per heavy atom. The Labute approximate surface area is 157 Å². The predicted molar refractivity (Wildman–Crippen MR) is 104 cm³/mol. The topological polar surface area (TPSA) is 62.5 Å². The monoisotopic (exact) mass is 368 g/mol. The van der Waals surface area contributed by atoms with Gasteiger partial charge in [0.1, 0.15) is 19.0 Å². The van der Waals surface area contributed by atoms with Crippen LogP contribution < -0.4 is 10.4 Å². The maximum Gasteiger partial charge on any atom is 0.328 e. The Kier molecular flexibility index (Phi) is 5.64. The summed E-state index contributed by atoms with van der Waals surface area (Å²) in [7, 11) is 1.73. The number of benzene rings is 2. The maximum absolute atomic E-state index is 12.3. The van der Waals surface area contributed by atoms with Crippen LogP contribution in [0.3, 0.4) is 0 Å². The number of aromatic nitrogens is 2. The molecule has 1 heterocycles. The number of nitrogens with zero attached hydrogens (tertiary/aromatic N) is 2. The van der Waals surface area contributed by atoms with E-state index in [0.717, 1.165) is 27.9 Å². The number of aryl methyl sites for hydroxylation is 4. The van der Waals surface area contributed by atoms with Gasteiger partial charge in [0.05, 0.1) is 17.5 Å². The lowest BCUT2D eigenvalue weighted by atomic mass is 10.1. The molecule has 0 fully saturated rings. The van der Waals surface area contributed by atoms with Gasteiger partial charge in [-0.2, -0.15) is 0 Å². The highest BCUT2D eigenvalue weighted by atomic mass is 16.6. The minimum Gasteiger partial charge on any atom is -0.489 e. The summed E-state index contributed by atoms with van der Waals surface area (Å²) in [5, 5.41) is 0. The Hall–Kier alpha value is -3.02. The number of hydrogen-bond acceptors (Lipinski definition) is 4. The summed E-state index contributed by atoms with van der Waals surface area (Å²) < 4.78 is 14.1. The van der Waals surface area contributed by atoms with Crippen LogP contribution in [0.25, 0.3) is 11.0 Å². The Morgan fingerprint density at radius 3 is 2.33 bits per heavy atom. The second-order valence-electron chi connectivity index (χ2n) is 6.52. The van der Waals surface area contributed by atoms with Crippen molar-refractivity contribution in [2.45, 2.75) is 26.8 Å². The highest BCUT2D eigenvalue weighted by Gasteiger charge is 2.12. The molecule has 1 aromatic heterocycles. The van der Waals surface area contributed by atoms with Crippen molar-refractivity contribution in [3.05, 3.63) is 64.1 Å². The van der Waals surface area contributed by atoms with Crippen molar-refractivity contribution >= 4 is 17.0 Å². The smallest absolute Gasteiger partial charge is 0.328 e. The van der Waals surface area contributed by atoms with Crippen LogP contribution in [0.1, 0.15) is 17.5 Å². The van der Waals surface area contributed by atoms with Gasteiger partial charge in [-0.25, -0.2) is 4.79 Å². The SMILES string of the molecule is Cc1cccc(C)c1OCCOC(=O)CCn1c(=O)n(C)c2ccccc21. The molecule has 0 amide bonds. The quantitative estimate of drug-likeness (QED) is 0.475. The molecule has 142 valence electrons. The first kappa shape index (κ1) is 18.8.